The number of benzene rings is 1. The number of halogens is 1. The summed E-state index contributed by atoms with van der Waals surface area (Å²) in [6.45, 7) is 5.71. The standard InChI is InChI=1S/C23H31ClN4O/c1-2-12-28-21-9-8-19(25-11-10-17-6-5-7-18(24)15-17)16-20(21)22(26-28)23(29)27-13-3-4-14-27/h5-7,15,19,25H,2-4,8-14,16H2,1H3. The molecule has 1 aliphatic heterocycles. The van der Waals surface area contributed by atoms with Crippen LogP contribution >= 0.6 is 11.6 Å². The number of likely N-dealkylation sites (tertiary alicyclic amines) is 1. The van der Waals surface area contributed by atoms with Crippen molar-refractivity contribution in [2.45, 2.75) is 64.5 Å². The molecule has 1 fully saturated rings. The summed E-state index contributed by atoms with van der Waals surface area (Å²) in [4.78, 5) is 15.1. The third-order valence-electron chi connectivity index (χ3n) is 6.11. The molecule has 1 saturated heterocycles. The number of amides is 1. The van der Waals surface area contributed by atoms with Crippen LogP contribution in [0.25, 0.3) is 0 Å². The summed E-state index contributed by atoms with van der Waals surface area (Å²) < 4.78 is 2.10. The number of fused-ring (bicyclic) bond motifs is 1. The molecule has 4 rings (SSSR count). The highest BCUT2D eigenvalue weighted by Crippen LogP contribution is 2.27. The highest BCUT2D eigenvalue weighted by atomic mass is 35.5. The van der Waals surface area contributed by atoms with Gasteiger partial charge in [-0.05, 0) is 69.2 Å². The molecule has 5 nitrogen and oxygen atoms in total. The minimum absolute atomic E-state index is 0.133. The van der Waals surface area contributed by atoms with Crippen LogP contribution in [0.15, 0.2) is 24.3 Å². The van der Waals surface area contributed by atoms with Crippen LogP contribution in [0, 0.1) is 0 Å². The maximum atomic E-state index is 13.1. The van der Waals surface area contributed by atoms with Crippen LogP contribution in [0.1, 0.15) is 59.9 Å². The van der Waals surface area contributed by atoms with Crippen molar-refractivity contribution < 1.29 is 4.79 Å². The smallest absolute Gasteiger partial charge is 0.274 e. The van der Waals surface area contributed by atoms with Crippen molar-refractivity contribution in [2.75, 3.05) is 19.6 Å². The van der Waals surface area contributed by atoms with Crippen molar-refractivity contribution in [2.24, 2.45) is 0 Å². The first-order valence-electron chi connectivity index (χ1n) is 11.0. The SMILES string of the molecule is CCCn1nc(C(=O)N2CCCC2)c2c1CCC(NCCc1cccc(Cl)c1)C2. The third kappa shape index (κ3) is 4.67. The third-order valence-corrected chi connectivity index (χ3v) is 6.35. The molecule has 1 aliphatic carbocycles. The summed E-state index contributed by atoms with van der Waals surface area (Å²) in [6, 6.07) is 8.46. The van der Waals surface area contributed by atoms with Crippen LogP contribution in [0.4, 0.5) is 0 Å². The fourth-order valence-electron chi connectivity index (χ4n) is 4.61. The molecule has 156 valence electrons. The Bertz CT molecular complexity index is 857. The van der Waals surface area contributed by atoms with Crippen LogP contribution in [-0.4, -0.2) is 46.3 Å². The molecule has 1 amide bonds. The van der Waals surface area contributed by atoms with Crippen molar-refractivity contribution in [3.8, 4) is 0 Å². The van der Waals surface area contributed by atoms with E-state index in [1.165, 1.54) is 16.8 Å². The summed E-state index contributed by atoms with van der Waals surface area (Å²) in [5.41, 5.74) is 4.42. The highest BCUT2D eigenvalue weighted by molar-refractivity contribution is 6.30. The van der Waals surface area contributed by atoms with Gasteiger partial charge < -0.3 is 10.2 Å². The number of hydrogen-bond donors (Lipinski definition) is 1. The first-order valence-corrected chi connectivity index (χ1v) is 11.4. The van der Waals surface area contributed by atoms with Gasteiger partial charge >= 0.3 is 0 Å². The predicted octanol–water partition coefficient (Wildman–Crippen LogP) is 3.87. The quantitative estimate of drug-likeness (QED) is 0.748. The van der Waals surface area contributed by atoms with E-state index in [2.05, 4.69) is 23.0 Å². The summed E-state index contributed by atoms with van der Waals surface area (Å²) in [7, 11) is 0. The van der Waals surface area contributed by atoms with E-state index in [1.807, 2.05) is 23.1 Å². The fourth-order valence-corrected chi connectivity index (χ4v) is 4.83. The van der Waals surface area contributed by atoms with Crippen LogP contribution in [0.5, 0.6) is 0 Å². The van der Waals surface area contributed by atoms with Gasteiger partial charge in [-0.15, -0.1) is 0 Å². The molecule has 1 aromatic carbocycles. The van der Waals surface area contributed by atoms with E-state index in [1.54, 1.807) is 0 Å². The average Bonchev–Trinajstić information content (AvgIpc) is 3.37. The summed E-state index contributed by atoms with van der Waals surface area (Å²) in [6.07, 6.45) is 7.18. The molecule has 0 bridgehead atoms. The van der Waals surface area contributed by atoms with E-state index in [4.69, 9.17) is 16.7 Å². The second-order valence-corrected chi connectivity index (χ2v) is 8.71. The molecule has 1 N–H and O–H groups in total. The maximum absolute atomic E-state index is 13.1. The van der Waals surface area contributed by atoms with Gasteiger partial charge in [-0.1, -0.05) is 30.7 Å². The number of nitrogens with one attached hydrogen (secondary N) is 1. The van der Waals surface area contributed by atoms with Crippen molar-refractivity contribution in [1.82, 2.24) is 20.0 Å². The minimum Gasteiger partial charge on any atom is -0.337 e. The number of nitrogens with zero attached hydrogens (tertiary/aromatic N) is 3. The van der Waals surface area contributed by atoms with E-state index in [0.29, 0.717) is 11.7 Å². The Balaban J connectivity index is 1.44. The van der Waals surface area contributed by atoms with Crippen LogP contribution < -0.4 is 5.32 Å². The molecular weight excluding hydrogens is 384 g/mol. The number of hydrogen-bond acceptors (Lipinski definition) is 3. The Morgan fingerprint density at radius 3 is 2.90 bits per heavy atom. The molecule has 0 spiro atoms. The lowest BCUT2D eigenvalue weighted by atomic mass is 9.91. The summed E-state index contributed by atoms with van der Waals surface area (Å²) in [5, 5.41) is 9.27. The largest absolute Gasteiger partial charge is 0.337 e. The Labute approximate surface area is 178 Å². The van der Waals surface area contributed by atoms with Gasteiger partial charge in [-0.2, -0.15) is 5.10 Å². The van der Waals surface area contributed by atoms with E-state index in [9.17, 15) is 4.79 Å². The van der Waals surface area contributed by atoms with Gasteiger partial charge in [0.1, 0.15) is 0 Å². The number of carbonyl (C=O) groups is 1. The van der Waals surface area contributed by atoms with Crippen LogP contribution in [-0.2, 0) is 25.8 Å². The first-order chi connectivity index (χ1) is 14.2. The van der Waals surface area contributed by atoms with Gasteiger partial charge in [0.05, 0.1) is 0 Å². The lowest BCUT2D eigenvalue weighted by molar-refractivity contribution is 0.0784. The van der Waals surface area contributed by atoms with Crippen LogP contribution in [0.2, 0.25) is 5.02 Å². The molecule has 2 heterocycles. The van der Waals surface area contributed by atoms with Gasteiger partial charge in [0, 0.05) is 42.0 Å². The molecule has 1 aromatic heterocycles. The molecule has 0 saturated carbocycles. The normalized spacial score (nSPS) is 18.8. The molecule has 1 atom stereocenters. The molecule has 2 aliphatic rings. The number of carbonyl (C=O) groups excluding carboxylic acids is 1. The minimum atomic E-state index is 0.133. The van der Waals surface area contributed by atoms with Gasteiger partial charge in [-0.25, -0.2) is 0 Å². The molecule has 29 heavy (non-hydrogen) atoms. The number of aryl methyl sites for hydroxylation is 1. The lowest BCUT2D eigenvalue weighted by Gasteiger charge is -2.25. The van der Waals surface area contributed by atoms with E-state index in [0.717, 1.165) is 76.1 Å². The molecular formula is C23H31ClN4O. The fraction of sp³-hybridized carbons (Fsp3) is 0.565. The van der Waals surface area contributed by atoms with Crippen molar-refractivity contribution in [1.29, 1.82) is 0 Å². The molecule has 0 radical (unpaired) electrons. The summed E-state index contributed by atoms with van der Waals surface area (Å²) >= 11 is 6.09. The maximum Gasteiger partial charge on any atom is 0.274 e. The van der Waals surface area contributed by atoms with E-state index >= 15 is 0 Å². The zero-order chi connectivity index (χ0) is 20.2. The molecule has 6 heteroatoms. The lowest BCUT2D eigenvalue weighted by Crippen LogP contribution is -2.37. The zero-order valence-corrected chi connectivity index (χ0v) is 18.0. The number of aromatic nitrogens is 2. The Kier molecular flexibility index (Phi) is 6.56. The zero-order valence-electron chi connectivity index (χ0n) is 17.3. The van der Waals surface area contributed by atoms with Gasteiger partial charge in [0.2, 0.25) is 0 Å². The van der Waals surface area contributed by atoms with E-state index < -0.39 is 0 Å². The summed E-state index contributed by atoms with van der Waals surface area (Å²) in [5.74, 6) is 0.133. The van der Waals surface area contributed by atoms with E-state index in [-0.39, 0.29) is 5.91 Å². The topological polar surface area (TPSA) is 50.2 Å². The van der Waals surface area contributed by atoms with Crippen molar-refractivity contribution in [3.05, 3.63) is 51.8 Å². The monoisotopic (exact) mass is 414 g/mol. The van der Waals surface area contributed by atoms with Gasteiger partial charge in [0.25, 0.3) is 5.91 Å². The number of rotatable bonds is 7. The van der Waals surface area contributed by atoms with Crippen molar-refractivity contribution in [3.63, 3.8) is 0 Å². The Morgan fingerprint density at radius 1 is 1.31 bits per heavy atom. The van der Waals surface area contributed by atoms with Gasteiger partial charge in [0.15, 0.2) is 5.69 Å². The average molecular weight is 415 g/mol. The first kappa shape index (κ1) is 20.4. The second kappa shape index (κ2) is 9.31. The second-order valence-electron chi connectivity index (χ2n) is 8.27. The molecule has 2 aromatic rings. The highest BCUT2D eigenvalue weighted by Gasteiger charge is 2.31. The molecule has 1 unspecified atom stereocenters. The van der Waals surface area contributed by atoms with Crippen molar-refractivity contribution >= 4 is 17.5 Å². The van der Waals surface area contributed by atoms with Crippen LogP contribution in [0.3, 0.4) is 0 Å². The Morgan fingerprint density at radius 2 is 2.14 bits per heavy atom. The van der Waals surface area contributed by atoms with Gasteiger partial charge in [-0.3, -0.25) is 9.48 Å². The Hall–Kier alpha value is -1.85. The predicted molar refractivity (Wildman–Crippen MR) is 117 cm³/mol.